The van der Waals surface area contributed by atoms with E-state index < -0.39 is 0 Å². The van der Waals surface area contributed by atoms with Crippen LogP contribution in [0.4, 0.5) is 0 Å². The van der Waals surface area contributed by atoms with Crippen LogP contribution in [0.15, 0.2) is 5.38 Å². The molecular weight excluding hydrogens is 304 g/mol. The van der Waals surface area contributed by atoms with E-state index in [1.54, 1.807) is 12.5 Å². The van der Waals surface area contributed by atoms with Crippen LogP contribution in [0, 0.1) is 5.41 Å². The van der Waals surface area contributed by atoms with Gasteiger partial charge in [-0.3, -0.25) is 9.59 Å². The SMILES string of the molecule is COCCN1CC2(CCN(C(=O)c3csnn3)CC2)CC1=O. The Balaban J connectivity index is 1.57. The van der Waals surface area contributed by atoms with Crippen molar-refractivity contribution in [2.45, 2.75) is 19.3 Å². The highest BCUT2D eigenvalue weighted by molar-refractivity contribution is 7.03. The minimum Gasteiger partial charge on any atom is -0.383 e. The maximum atomic E-state index is 12.3. The summed E-state index contributed by atoms with van der Waals surface area (Å²) in [6, 6.07) is 0. The molecule has 120 valence electrons. The van der Waals surface area contributed by atoms with Crippen molar-refractivity contribution in [2.75, 3.05) is 39.9 Å². The lowest BCUT2D eigenvalue weighted by Gasteiger charge is -2.38. The summed E-state index contributed by atoms with van der Waals surface area (Å²) in [5.41, 5.74) is 0.451. The van der Waals surface area contributed by atoms with Crippen molar-refractivity contribution in [1.29, 1.82) is 0 Å². The molecule has 2 aliphatic heterocycles. The second kappa shape index (κ2) is 6.29. The zero-order chi connectivity index (χ0) is 15.6. The molecule has 0 saturated carbocycles. The van der Waals surface area contributed by atoms with Crippen LogP contribution in [0.1, 0.15) is 29.8 Å². The maximum Gasteiger partial charge on any atom is 0.275 e. The molecule has 3 rings (SSSR count). The molecule has 2 aliphatic rings. The predicted molar refractivity (Wildman–Crippen MR) is 80.6 cm³/mol. The van der Waals surface area contributed by atoms with Crippen LogP contribution >= 0.6 is 11.5 Å². The normalized spacial score (nSPS) is 20.9. The molecule has 1 spiro atoms. The van der Waals surface area contributed by atoms with Gasteiger partial charge in [-0.25, -0.2) is 0 Å². The Morgan fingerprint density at radius 2 is 2.23 bits per heavy atom. The first-order valence-electron chi connectivity index (χ1n) is 7.47. The van der Waals surface area contributed by atoms with Crippen LogP contribution in [0.3, 0.4) is 0 Å². The molecule has 0 N–H and O–H groups in total. The second-order valence-electron chi connectivity index (χ2n) is 6.07. The van der Waals surface area contributed by atoms with Crippen LogP contribution in [0.25, 0.3) is 0 Å². The van der Waals surface area contributed by atoms with Crippen LogP contribution in [0.5, 0.6) is 0 Å². The summed E-state index contributed by atoms with van der Waals surface area (Å²) in [5, 5.41) is 5.52. The average Bonchev–Trinajstić information content (AvgIpc) is 3.14. The molecule has 8 heteroatoms. The van der Waals surface area contributed by atoms with Gasteiger partial charge in [-0.15, -0.1) is 5.10 Å². The summed E-state index contributed by atoms with van der Waals surface area (Å²) >= 11 is 1.19. The number of likely N-dealkylation sites (tertiary alicyclic amines) is 2. The van der Waals surface area contributed by atoms with Crippen LogP contribution in [0.2, 0.25) is 0 Å². The summed E-state index contributed by atoms with van der Waals surface area (Å²) in [6.07, 6.45) is 2.33. The van der Waals surface area contributed by atoms with Crippen LogP contribution < -0.4 is 0 Å². The third-order valence-corrected chi connectivity index (χ3v) is 5.17. The Morgan fingerprint density at radius 3 is 2.86 bits per heavy atom. The fraction of sp³-hybridized carbons (Fsp3) is 0.714. The number of hydrogen-bond acceptors (Lipinski definition) is 6. The molecule has 0 unspecified atom stereocenters. The third-order valence-electron chi connectivity index (χ3n) is 4.66. The Morgan fingerprint density at radius 1 is 1.45 bits per heavy atom. The first kappa shape index (κ1) is 15.4. The van der Waals surface area contributed by atoms with Gasteiger partial charge in [0.25, 0.3) is 5.91 Å². The van der Waals surface area contributed by atoms with Gasteiger partial charge in [0.15, 0.2) is 5.69 Å². The predicted octanol–water partition coefficient (Wildman–Crippen LogP) is 0.639. The second-order valence-corrected chi connectivity index (χ2v) is 6.68. The summed E-state index contributed by atoms with van der Waals surface area (Å²) < 4.78 is 8.80. The first-order valence-corrected chi connectivity index (χ1v) is 8.30. The monoisotopic (exact) mass is 324 g/mol. The molecule has 1 aromatic rings. The fourth-order valence-electron chi connectivity index (χ4n) is 3.33. The minimum atomic E-state index is -0.0517. The Bertz CT molecular complexity index is 540. The van der Waals surface area contributed by atoms with E-state index in [-0.39, 0.29) is 17.2 Å². The van der Waals surface area contributed by atoms with E-state index >= 15 is 0 Å². The van der Waals surface area contributed by atoms with Gasteiger partial charge in [-0.1, -0.05) is 4.49 Å². The zero-order valence-corrected chi connectivity index (χ0v) is 13.5. The average molecular weight is 324 g/mol. The Kier molecular flexibility index (Phi) is 4.39. The highest BCUT2D eigenvalue weighted by Gasteiger charge is 2.45. The van der Waals surface area contributed by atoms with Crippen molar-refractivity contribution in [2.24, 2.45) is 5.41 Å². The van der Waals surface area contributed by atoms with Crippen molar-refractivity contribution < 1.29 is 14.3 Å². The summed E-state index contributed by atoms with van der Waals surface area (Å²) in [7, 11) is 1.65. The molecule has 2 amide bonds. The number of aromatic nitrogens is 2. The van der Waals surface area contributed by atoms with E-state index in [2.05, 4.69) is 9.59 Å². The van der Waals surface area contributed by atoms with Crippen molar-refractivity contribution in [3.63, 3.8) is 0 Å². The summed E-state index contributed by atoms with van der Waals surface area (Å²) in [5.74, 6) is 0.157. The lowest BCUT2D eigenvalue weighted by Crippen LogP contribution is -2.44. The molecule has 0 atom stereocenters. The molecular formula is C14H20N4O3S. The van der Waals surface area contributed by atoms with Crippen molar-refractivity contribution >= 4 is 23.3 Å². The van der Waals surface area contributed by atoms with E-state index in [9.17, 15) is 9.59 Å². The van der Waals surface area contributed by atoms with Crippen molar-refractivity contribution in [1.82, 2.24) is 19.4 Å². The molecule has 2 saturated heterocycles. The van der Waals surface area contributed by atoms with E-state index in [0.29, 0.717) is 38.4 Å². The first-order chi connectivity index (χ1) is 10.6. The van der Waals surface area contributed by atoms with Crippen molar-refractivity contribution in [3.8, 4) is 0 Å². The minimum absolute atomic E-state index is 0.0297. The van der Waals surface area contributed by atoms with Gasteiger partial charge in [-0.05, 0) is 24.4 Å². The summed E-state index contributed by atoms with van der Waals surface area (Å²) in [4.78, 5) is 28.1. The molecule has 3 heterocycles. The molecule has 0 radical (unpaired) electrons. The van der Waals surface area contributed by atoms with Gasteiger partial charge in [0.1, 0.15) is 0 Å². The lowest BCUT2D eigenvalue weighted by atomic mass is 9.77. The fourth-order valence-corrected chi connectivity index (χ4v) is 3.76. The number of rotatable bonds is 4. The smallest absolute Gasteiger partial charge is 0.275 e. The number of hydrogen-bond donors (Lipinski definition) is 0. The quantitative estimate of drug-likeness (QED) is 0.812. The van der Waals surface area contributed by atoms with Gasteiger partial charge < -0.3 is 14.5 Å². The van der Waals surface area contributed by atoms with Gasteiger partial charge in [0.2, 0.25) is 5.91 Å². The Hall–Kier alpha value is -1.54. The molecule has 2 fully saturated rings. The van der Waals surface area contributed by atoms with E-state index in [1.165, 1.54) is 11.5 Å². The van der Waals surface area contributed by atoms with Gasteiger partial charge in [-0.2, -0.15) is 0 Å². The largest absolute Gasteiger partial charge is 0.383 e. The van der Waals surface area contributed by atoms with Crippen LogP contribution in [-0.4, -0.2) is 71.1 Å². The Labute approximate surface area is 133 Å². The molecule has 0 aromatic carbocycles. The summed E-state index contributed by atoms with van der Waals surface area (Å²) in [6.45, 7) is 3.38. The van der Waals surface area contributed by atoms with Crippen LogP contribution in [-0.2, 0) is 9.53 Å². The lowest BCUT2D eigenvalue weighted by molar-refractivity contribution is -0.128. The third kappa shape index (κ3) is 2.98. The van der Waals surface area contributed by atoms with E-state index in [4.69, 9.17) is 4.74 Å². The maximum absolute atomic E-state index is 12.3. The van der Waals surface area contributed by atoms with Gasteiger partial charge in [0, 0.05) is 50.5 Å². The number of ether oxygens (including phenoxy) is 1. The van der Waals surface area contributed by atoms with E-state index in [0.717, 1.165) is 19.4 Å². The molecule has 7 nitrogen and oxygen atoms in total. The molecule has 0 bridgehead atoms. The highest BCUT2D eigenvalue weighted by atomic mass is 32.1. The number of amides is 2. The standard InChI is InChI=1S/C14H20N4O3S/c1-21-7-6-18-10-14(8-12(18)19)2-4-17(5-3-14)13(20)11-9-22-16-15-11/h9H,2-8,10H2,1H3. The number of nitrogens with zero attached hydrogens (tertiary/aromatic N) is 4. The zero-order valence-electron chi connectivity index (χ0n) is 12.7. The molecule has 1 aromatic heterocycles. The number of carbonyl (C=O) groups excluding carboxylic acids is 2. The van der Waals surface area contributed by atoms with Crippen molar-refractivity contribution in [3.05, 3.63) is 11.1 Å². The molecule has 0 aliphatic carbocycles. The number of methoxy groups -OCH3 is 1. The number of piperidine rings is 1. The number of carbonyl (C=O) groups is 2. The molecule has 22 heavy (non-hydrogen) atoms. The van der Waals surface area contributed by atoms with E-state index in [1.807, 2.05) is 9.80 Å². The van der Waals surface area contributed by atoms with Gasteiger partial charge in [0.05, 0.1) is 6.61 Å². The highest BCUT2D eigenvalue weighted by Crippen LogP contribution is 2.41. The van der Waals surface area contributed by atoms with Gasteiger partial charge >= 0.3 is 0 Å². The topological polar surface area (TPSA) is 75.6 Å².